The van der Waals surface area contributed by atoms with Gasteiger partial charge in [0.15, 0.2) is 24.8 Å². The molecule has 0 spiro atoms. The van der Waals surface area contributed by atoms with Gasteiger partial charge < -0.3 is 39.0 Å². The molecule has 2 aliphatic heterocycles. The van der Waals surface area contributed by atoms with E-state index in [2.05, 4.69) is 100 Å². The zero-order valence-electron chi connectivity index (χ0n) is 69.8. The van der Waals surface area contributed by atoms with Crippen molar-refractivity contribution in [2.45, 2.75) is 231 Å². The van der Waals surface area contributed by atoms with Crippen molar-refractivity contribution in [3.8, 4) is 0 Å². The molecule has 2 fully saturated rings. The number of aromatic amines is 2. The number of rotatable bonds is 24. The van der Waals surface area contributed by atoms with Gasteiger partial charge in [-0.1, -0.05) is 96.0 Å². The molecule has 12 atom stereocenters. The number of alkyl halides is 2. The van der Waals surface area contributed by atoms with Crippen LogP contribution < -0.4 is 22.5 Å². The predicted molar refractivity (Wildman–Crippen MR) is 548 cm³/mol. The molecule has 0 saturated carbocycles. The molecule has 0 aromatic carbocycles. The van der Waals surface area contributed by atoms with Crippen LogP contribution in [0.5, 0.6) is 0 Å². The van der Waals surface area contributed by atoms with Gasteiger partial charge in [-0.3, -0.25) is 33.4 Å². The van der Waals surface area contributed by atoms with E-state index in [4.69, 9.17) is 62.8 Å². The van der Waals surface area contributed by atoms with Crippen molar-refractivity contribution in [2.24, 2.45) is 0 Å². The van der Waals surface area contributed by atoms with Crippen LogP contribution in [-0.4, -0.2) is 168 Å². The Morgan fingerprint density at radius 3 is 1.05 bits per heavy atom. The third kappa shape index (κ3) is 91.2. The fourth-order valence-electron chi connectivity index (χ4n) is 7.39. The number of hydrogen-bond acceptors (Lipinski definition) is 20. The van der Waals surface area contributed by atoms with Crippen LogP contribution in [0, 0.1) is 342 Å². The molecule has 2 aromatic heterocycles. The van der Waals surface area contributed by atoms with Gasteiger partial charge >= 0.3 is 11.4 Å². The SMILES string of the molecule is CC(C)N(C(C)C)P(C)Cl.CC(C)SSC(C)CCCO.S=S=S=S=S=S=S=S=S=S=S=S=S=S=S=S=S=S=S=S=S=S=S=S=S=S=S=S=S=S=S.[2H]C[C@H]1O[C@@H](n2ccc(=O)[nH]c2=O)[C@@H](F)C1O.[2H]C[C@H]1O[C@@H](n2ccc(=O)[nH]c2=O)[C@@H](F)C1OP(OCCCC(C)SSC(C)C)N(C(C)C)C(C)C.[3H]OC.[3H]OC.[U].[U].[U].[U].[U].[U].[U].[U].[U].[U].[U]. The van der Waals surface area contributed by atoms with E-state index in [1.807, 2.05) is 209 Å². The monoisotopic (exact) mass is 4840 g/mol. The van der Waals surface area contributed by atoms with Crippen LogP contribution in [0.4, 0.5) is 8.78 Å². The maximum atomic E-state index is 15.7. The molecule has 6 N–H and O–H groups in total. The van der Waals surface area contributed by atoms with E-state index in [9.17, 15) is 28.7 Å². The van der Waals surface area contributed by atoms with Crippen molar-refractivity contribution in [3.05, 3.63) is 66.2 Å². The molecule has 2 aliphatic rings. The van der Waals surface area contributed by atoms with Crippen LogP contribution in [0.3, 0.4) is 0 Å². The summed E-state index contributed by atoms with van der Waals surface area (Å²) in [4.78, 5) is 50.0. The second-order valence-corrected chi connectivity index (χ2v) is 83.0. The molecule has 18 nitrogen and oxygen atoms in total. The summed E-state index contributed by atoms with van der Waals surface area (Å²) in [5, 5.41) is 27.4. The number of aliphatic hydroxyl groups excluding tert-OH is 4. The third-order valence-electron chi connectivity index (χ3n) is 11.0. The van der Waals surface area contributed by atoms with Gasteiger partial charge in [-0.2, -0.15) is 0 Å². The van der Waals surface area contributed by atoms with E-state index in [0.717, 1.165) is 53.1 Å². The van der Waals surface area contributed by atoms with Crippen molar-refractivity contribution < 1.29 is 393 Å². The molecule has 0 aliphatic carbocycles. The Morgan fingerprint density at radius 1 is 0.517 bits per heavy atom. The normalized spacial score (nSPS) is 17.1. The smallest absolute Gasteiger partial charge is 0.330 e. The molecule has 69 heteroatoms. The number of hydrogen-bond donors (Lipinski definition) is 6. The first-order valence-electron chi connectivity index (χ1n) is 32.5. The molecular weight excluding hydrogens is 4740 g/mol. The van der Waals surface area contributed by atoms with Crippen molar-refractivity contribution in [1.29, 1.82) is 2.86 Å². The Morgan fingerprint density at radius 2 is 0.805 bits per heavy atom. The van der Waals surface area contributed by atoms with Crippen LogP contribution >= 0.6 is 70.4 Å². The minimum atomic E-state index is -1.81. The summed E-state index contributed by atoms with van der Waals surface area (Å²) in [5.41, 5.74) is -2.77. The standard InChI is InChI=1S/C23H41FN3O5PS2.C9H11FN2O4.C8H18OS2.C7H17ClNP.2CH4O.S31.11U/c1-14(2)27(15(3)4)33(30-13-9-10-17(7)35-34-16(5)6)32-21-18(8)31-22(20(21)24)26-12-11-19(28)25-23(26)29;1-4-7(14)6(10)8(16-4)12-3-2-5(13)11-9(12)15;1-7(2)10-11-8(3)5-4-6-9;1-6(2)9(7(3)4)10(5)8;2*1-2;1-3-5-7-9-11-13-15-17-19-21-23-25-27-29-31-30-28-26-24-22-20-18-16-14-12-10-8-6-4-2;;;;;;;;;;;/h11-12,14-18,20-22H,9-10,13H2,1-8H3,(H,25,28,29);2-4,6-8,14H,1H3,(H,11,13,15);7-9H,4-6H2,1-3H3;6-7H,1-5H3;2*2H,1H3;;;;;;;;;;;;/t17?,18-,20+,21?,22-,33?;4-,6+,7?,8-;;;;;;;;;;;;;;;;/m11................/s1/i8D;1D;;;2*2T;;;;;;;;;;;;. The summed E-state index contributed by atoms with van der Waals surface area (Å²) < 4.78 is 85.3. The molecule has 2 saturated heterocycles. The summed E-state index contributed by atoms with van der Waals surface area (Å²) in [6.07, 6.45) is -4.35. The Labute approximate surface area is 1080 Å². The minimum absolute atomic E-state index is 0. The van der Waals surface area contributed by atoms with E-state index >= 15 is 4.39 Å². The Balaban J connectivity index is -0.000000102. The summed E-state index contributed by atoms with van der Waals surface area (Å²) in [7, 11) is 59.0. The number of halogens is 3. The summed E-state index contributed by atoms with van der Waals surface area (Å²) in [6.45, 7) is 32.4. The van der Waals surface area contributed by atoms with Crippen LogP contribution in [0.25, 0.3) is 0 Å². The average Bonchev–Trinajstić information content (AvgIpc) is 1.69. The zero-order chi connectivity index (χ0) is 84.5. The van der Waals surface area contributed by atoms with Gasteiger partial charge in [0.1, 0.15) is 12.2 Å². The molecule has 0 amide bonds. The molecule has 678 valence electrons. The third-order valence-corrected chi connectivity index (χ3v) is 84.5. The summed E-state index contributed by atoms with van der Waals surface area (Å²) in [5.74, 6) is 0. The maximum Gasteiger partial charge on any atom is 0.330 e. The second kappa shape index (κ2) is 115. The quantitative estimate of drug-likeness (QED) is 0.0326. The zero-order valence-corrected chi connectivity index (χ0v) is 143. The molecule has 118 heavy (non-hydrogen) atoms. The van der Waals surface area contributed by atoms with Crippen molar-refractivity contribution in [2.75, 3.05) is 34.1 Å². The van der Waals surface area contributed by atoms with Gasteiger partial charge in [0, 0.05) is 715 Å². The molecule has 4 heterocycles. The molecule has 4 rings (SSSR count). The molecular formula is C49H95ClF2N6O12P2S35U11. The topological polar surface area (TPSA) is 234 Å². The van der Waals surface area contributed by atoms with Crippen molar-refractivity contribution in [3.63, 3.8) is 0 Å². The first-order chi connectivity index (χ1) is 52.9. The fourth-order valence-corrected chi connectivity index (χ4v) is 90.0. The second-order valence-electron chi connectivity index (χ2n) is 20.9. The fraction of sp³-hybridized carbons (Fsp3) is 0.837. The minimum Gasteiger partial charge on any atom is -0.400 e. The van der Waals surface area contributed by atoms with E-state index < -0.39 is 87.7 Å². The van der Waals surface area contributed by atoms with Gasteiger partial charge in [0.05, 0.1) is 26.2 Å². The van der Waals surface area contributed by atoms with Crippen molar-refractivity contribution in [1.82, 2.24) is 28.4 Å². The van der Waals surface area contributed by atoms with Crippen molar-refractivity contribution >= 4 is 350 Å². The van der Waals surface area contributed by atoms with Gasteiger partial charge in [0.25, 0.3) is 19.6 Å². The molecule has 0 bridgehead atoms. The predicted octanol–water partition coefficient (Wildman–Crippen LogP) is 10.0. The van der Waals surface area contributed by atoms with Gasteiger partial charge in [-0.15, -0.1) is 0 Å². The maximum absolute atomic E-state index is 15.7. The Bertz CT molecular complexity index is 4530. The summed E-state index contributed by atoms with van der Waals surface area (Å²) in [6, 6.07) is 3.48. The van der Waals surface area contributed by atoms with Gasteiger partial charge in [-0.05, 0) is 102 Å². The average molecular weight is 4840 g/mol. The number of H-pyrrole nitrogens is 2. The Kier molecular flexibility index (Phi) is 152. The van der Waals surface area contributed by atoms with E-state index in [0.29, 0.717) is 46.3 Å². The first kappa shape index (κ1) is 156. The van der Waals surface area contributed by atoms with Crippen LogP contribution in [0.1, 0.15) is 152 Å². The molecule has 6 unspecified atom stereocenters. The first-order valence-corrected chi connectivity index (χ1v) is 78.6. The van der Waals surface area contributed by atoms with Crippen LogP contribution in [0.15, 0.2) is 43.7 Å². The van der Waals surface area contributed by atoms with Crippen LogP contribution in [0.2, 0.25) is 0 Å². The molecule has 0 radical (unpaired) electrons. The van der Waals surface area contributed by atoms with Crippen LogP contribution in [-0.2, 0) is 298 Å². The van der Waals surface area contributed by atoms with Gasteiger partial charge in [-0.25, -0.2) is 23.0 Å². The number of nitrogens with one attached hydrogen (secondary N) is 2. The largest absolute Gasteiger partial charge is 0.400 e. The van der Waals surface area contributed by atoms with Gasteiger partial charge in [0.2, 0.25) is 2.86 Å². The number of aliphatic hydroxyl groups is 4. The number of aromatic nitrogens is 4. The Hall–Kier alpha value is 17.8. The number of nitrogens with zero attached hydrogens (tertiary/aromatic N) is 4. The summed E-state index contributed by atoms with van der Waals surface area (Å²) >= 11 is 15.6. The molecule has 2 aromatic rings. The number of ether oxygens (including phenoxy) is 2. The van der Waals surface area contributed by atoms with E-state index in [1.165, 1.54) is 38.2 Å². The van der Waals surface area contributed by atoms with E-state index in [1.54, 1.807) is 107 Å². The van der Waals surface area contributed by atoms with E-state index in [-0.39, 0.29) is 368 Å².